The molecule has 0 aliphatic carbocycles. The normalized spacial score (nSPS) is 10.2. The monoisotopic (exact) mass is 289 g/mol. The molecule has 0 bridgehead atoms. The Morgan fingerprint density at radius 3 is 2.61 bits per heavy atom. The van der Waals surface area contributed by atoms with Gasteiger partial charge < -0.3 is 10.0 Å². The van der Waals surface area contributed by atoms with Gasteiger partial charge in [0.2, 0.25) is 0 Å². The Morgan fingerprint density at radius 1 is 1.33 bits per heavy atom. The Bertz CT molecular complexity index is 463. The van der Waals surface area contributed by atoms with Crippen LogP contribution in [0.25, 0.3) is 0 Å². The first-order valence-corrected chi connectivity index (χ1v) is 6.10. The van der Waals surface area contributed by atoms with E-state index in [0.717, 1.165) is 0 Å². The van der Waals surface area contributed by atoms with Crippen molar-refractivity contribution in [2.45, 2.75) is 12.8 Å². The van der Waals surface area contributed by atoms with E-state index in [1.165, 1.54) is 4.90 Å². The number of amides is 1. The zero-order valence-electron chi connectivity index (χ0n) is 9.82. The average molecular weight is 290 g/mol. The van der Waals surface area contributed by atoms with Gasteiger partial charge in [0, 0.05) is 20.0 Å². The number of halogens is 2. The molecule has 0 atom stereocenters. The lowest BCUT2D eigenvalue weighted by atomic mass is 10.2. The van der Waals surface area contributed by atoms with Gasteiger partial charge in [-0.3, -0.25) is 9.59 Å². The number of carboxylic acid groups (broad SMARTS) is 1. The summed E-state index contributed by atoms with van der Waals surface area (Å²) < 4.78 is 0. The van der Waals surface area contributed by atoms with Gasteiger partial charge in [-0.1, -0.05) is 29.3 Å². The van der Waals surface area contributed by atoms with Gasteiger partial charge in [-0.05, 0) is 18.6 Å². The second-order valence-electron chi connectivity index (χ2n) is 3.83. The summed E-state index contributed by atoms with van der Waals surface area (Å²) in [5.74, 6) is -1.15. The van der Waals surface area contributed by atoms with Crippen LogP contribution in [0.15, 0.2) is 18.2 Å². The summed E-state index contributed by atoms with van der Waals surface area (Å²) in [6.07, 6.45) is 0.427. The highest BCUT2D eigenvalue weighted by molar-refractivity contribution is 6.43. The third-order valence-electron chi connectivity index (χ3n) is 2.41. The number of hydrogen-bond acceptors (Lipinski definition) is 2. The fourth-order valence-corrected chi connectivity index (χ4v) is 1.82. The van der Waals surface area contributed by atoms with E-state index >= 15 is 0 Å². The van der Waals surface area contributed by atoms with Crippen LogP contribution in [-0.4, -0.2) is 35.5 Å². The maximum Gasteiger partial charge on any atom is 0.303 e. The Kier molecular flexibility index (Phi) is 5.44. The average Bonchev–Trinajstić information content (AvgIpc) is 2.31. The molecule has 0 saturated heterocycles. The maximum absolute atomic E-state index is 12.0. The second-order valence-corrected chi connectivity index (χ2v) is 4.61. The van der Waals surface area contributed by atoms with Gasteiger partial charge in [0.15, 0.2) is 0 Å². The molecule has 4 nitrogen and oxygen atoms in total. The number of aliphatic carboxylic acids is 1. The van der Waals surface area contributed by atoms with Crippen molar-refractivity contribution in [3.8, 4) is 0 Å². The molecule has 0 spiro atoms. The highest BCUT2D eigenvalue weighted by atomic mass is 35.5. The van der Waals surface area contributed by atoms with Gasteiger partial charge in [-0.2, -0.15) is 0 Å². The van der Waals surface area contributed by atoms with Crippen LogP contribution in [-0.2, 0) is 4.79 Å². The largest absolute Gasteiger partial charge is 0.481 e. The topological polar surface area (TPSA) is 57.6 Å². The minimum Gasteiger partial charge on any atom is -0.481 e. The second kappa shape index (κ2) is 6.61. The van der Waals surface area contributed by atoms with Gasteiger partial charge in [-0.15, -0.1) is 0 Å². The van der Waals surface area contributed by atoms with E-state index in [4.69, 9.17) is 28.3 Å². The minimum atomic E-state index is -0.878. The van der Waals surface area contributed by atoms with Crippen LogP contribution >= 0.6 is 23.2 Å². The van der Waals surface area contributed by atoms with Gasteiger partial charge in [0.1, 0.15) is 0 Å². The van der Waals surface area contributed by atoms with Crippen LogP contribution in [0.5, 0.6) is 0 Å². The summed E-state index contributed by atoms with van der Waals surface area (Å²) in [7, 11) is 1.60. The molecule has 0 heterocycles. The van der Waals surface area contributed by atoms with Crippen LogP contribution in [0.1, 0.15) is 23.2 Å². The van der Waals surface area contributed by atoms with Crippen molar-refractivity contribution in [3.63, 3.8) is 0 Å². The van der Waals surface area contributed by atoms with E-state index in [2.05, 4.69) is 0 Å². The number of benzene rings is 1. The van der Waals surface area contributed by atoms with Crippen LogP contribution in [0, 0.1) is 0 Å². The zero-order chi connectivity index (χ0) is 13.7. The van der Waals surface area contributed by atoms with Crippen molar-refractivity contribution in [1.82, 2.24) is 4.90 Å². The molecule has 98 valence electrons. The lowest BCUT2D eigenvalue weighted by Crippen LogP contribution is -2.28. The lowest BCUT2D eigenvalue weighted by molar-refractivity contribution is -0.137. The highest BCUT2D eigenvalue weighted by Gasteiger charge is 2.16. The molecule has 1 N–H and O–H groups in total. The van der Waals surface area contributed by atoms with E-state index in [0.29, 0.717) is 23.6 Å². The number of hydrogen-bond donors (Lipinski definition) is 1. The van der Waals surface area contributed by atoms with Gasteiger partial charge in [0.25, 0.3) is 5.91 Å². The Labute approximate surface area is 115 Å². The van der Waals surface area contributed by atoms with Gasteiger partial charge in [-0.25, -0.2) is 0 Å². The Hall–Kier alpha value is -1.26. The van der Waals surface area contributed by atoms with Crippen molar-refractivity contribution in [2.75, 3.05) is 13.6 Å². The molecular formula is C12H13Cl2NO3. The van der Waals surface area contributed by atoms with E-state index < -0.39 is 5.97 Å². The van der Waals surface area contributed by atoms with Crippen LogP contribution < -0.4 is 0 Å². The molecule has 0 aromatic heterocycles. The lowest BCUT2D eigenvalue weighted by Gasteiger charge is -2.17. The molecule has 0 unspecified atom stereocenters. The zero-order valence-corrected chi connectivity index (χ0v) is 11.3. The number of rotatable bonds is 5. The molecule has 1 rings (SSSR count). The molecule has 0 saturated carbocycles. The number of carboxylic acids is 1. The fraction of sp³-hybridized carbons (Fsp3) is 0.333. The third-order valence-corrected chi connectivity index (χ3v) is 3.23. The summed E-state index contributed by atoms with van der Waals surface area (Å²) in [5.41, 5.74) is 0.321. The van der Waals surface area contributed by atoms with Crippen LogP contribution in [0.4, 0.5) is 0 Å². The summed E-state index contributed by atoms with van der Waals surface area (Å²) >= 11 is 11.8. The molecule has 6 heteroatoms. The first-order valence-electron chi connectivity index (χ1n) is 5.34. The molecule has 0 aliphatic rings. The molecule has 0 radical (unpaired) electrons. The van der Waals surface area contributed by atoms with Crippen molar-refractivity contribution < 1.29 is 14.7 Å². The van der Waals surface area contributed by atoms with Crippen molar-refractivity contribution >= 4 is 35.1 Å². The van der Waals surface area contributed by atoms with Gasteiger partial charge >= 0.3 is 5.97 Å². The summed E-state index contributed by atoms with van der Waals surface area (Å²) in [6, 6.07) is 4.84. The number of carbonyl (C=O) groups is 2. The molecule has 1 aromatic carbocycles. The van der Waals surface area contributed by atoms with Crippen molar-refractivity contribution in [2.24, 2.45) is 0 Å². The van der Waals surface area contributed by atoms with Gasteiger partial charge in [0.05, 0.1) is 15.6 Å². The number of nitrogens with zero attached hydrogens (tertiary/aromatic N) is 1. The molecule has 0 fully saturated rings. The predicted molar refractivity (Wildman–Crippen MR) is 70.3 cm³/mol. The predicted octanol–water partition coefficient (Wildman–Crippen LogP) is 2.93. The van der Waals surface area contributed by atoms with Crippen LogP contribution in [0.3, 0.4) is 0 Å². The molecule has 1 aromatic rings. The Balaban J connectivity index is 2.69. The van der Waals surface area contributed by atoms with Crippen molar-refractivity contribution in [3.05, 3.63) is 33.8 Å². The van der Waals surface area contributed by atoms with Crippen molar-refractivity contribution in [1.29, 1.82) is 0 Å². The van der Waals surface area contributed by atoms with E-state index in [1.807, 2.05) is 0 Å². The summed E-state index contributed by atoms with van der Waals surface area (Å²) in [4.78, 5) is 23.8. The summed E-state index contributed by atoms with van der Waals surface area (Å²) in [5, 5.41) is 9.06. The molecule has 18 heavy (non-hydrogen) atoms. The summed E-state index contributed by atoms with van der Waals surface area (Å²) in [6.45, 7) is 0.355. The standard InChI is InChI=1S/C12H13Cl2NO3/c1-15(7-3-6-10(16)17)12(18)8-4-2-5-9(13)11(8)14/h2,4-5H,3,6-7H2,1H3,(H,16,17). The van der Waals surface area contributed by atoms with E-state index in [9.17, 15) is 9.59 Å². The smallest absolute Gasteiger partial charge is 0.303 e. The first kappa shape index (κ1) is 14.8. The third kappa shape index (κ3) is 3.89. The van der Waals surface area contributed by atoms with E-state index in [-0.39, 0.29) is 17.4 Å². The number of carbonyl (C=O) groups excluding carboxylic acids is 1. The molecule has 1 amide bonds. The van der Waals surface area contributed by atoms with E-state index in [1.54, 1.807) is 25.2 Å². The Morgan fingerprint density at radius 2 is 2.00 bits per heavy atom. The fourth-order valence-electron chi connectivity index (χ4n) is 1.44. The minimum absolute atomic E-state index is 0.0287. The molecule has 0 aliphatic heterocycles. The first-order chi connectivity index (χ1) is 8.43. The quantitative estimate of drug-likeness (QED) is 0.907. The maximum atomic E-state index is 12.0. The highest BCUT2D eigenvalue weighted by Crippen LogP contribution is 2.26. The molecular weight excluding hydrogens is 277 g/mol. The van der Waals surface area contributed by atoms with Crippen LogP contribution in [0.2, 0.25) is 10.0 Å². The SMILES string of the molecule is CN(CCCC(=O)O)C(=O)c1cccc(Cl)c1Cl.